The fourth-order valence-corrected chi connectivity index (χ4v) is 2.79. The first-order valence-electron chi connectivity index (χ1n) is 8.06. The van der Waals surface area contributed by atoms with Crippen molar-refractivity contribution in [2.24, 2.45) is 0 Å². The van der Waals surface area contributed by atoms with E-state index in [1.54, 1.807) is 13.3 Å². The Morgan fingerprint density at radius 2 is 1.92 bits per heavy atom. The van der Waals surface area contributed by atoms with E-state index in [0.717, 1.165) is 33.9 Å². The number of benzene rings is 2. The Bertz CT molecular complexity index is 1040. The monoisotopic (exact) mass is 330 g/mol. The number of rotatable bonds is 4. The van der Waals surface area contributed by atoms with Crippen LogP contribution >= 0.6 is 0 Å². The quantitative estimate of drug-likeness (QED) is 0.570. The molecule has 0 spiro atoms. The molecule has 2 aromatic heterocycles. The second-order valence-corrected chi connectivity index (χ2v) is 5.87. The SMILES string of the molecule is COc1cccc(Nc2nccc3[nH]c(-c4cccc(C)c4)nc23)c1. The summed E-state index contributed by atoms with van der Waals surface area (Å²) in [6.45, 7) is 2.07. The first-order valence-corrected chi connectivity index (χ1v) is 8.06. The van der Waals surface area contributed by atoms with Crippen molar-refractivity contribution in [3.8, 4) is 17.1 Å². The highest BCUT2D eigenvalue weighted by atomic mass is 16.5. The first-order chi connectivity index (χ1) is 12.2. The van der Waals surface area contributed by atoms with Crippen LogP contribution in [0.3, 0.4) is 0 Å². The van der Waals surface area contributed by atoms with Crippen molar-refractivity contribution >= 4 is 22.5 Å². The second-order valence-electron chi connectivity index (χ2n) is 5.87. The molecule has 0 radical (unpaired) electrons. The summed E-state index contributed by atoms with van der Waals surface area (Å²) in [4.78, 5) is 12.6. The van der Waals surface area contributed by atoms with E-state index < -0.39 is 0 Å². The van der Waals surface area contributed by atoms with Crippen LogP contribution in [0, 0.1) is 6.92 Å². The van der Waals surface area contributed by atoms with Crippen molar-refractivity contribution in [2.45, 2.75) is 6.92 Å². The number of hydrogen-bond donors (Lipinski definition) is 2. The maximum Gasteiger partial charge on any atom is 0.158 e. The molecule has 25 heavy (non-hydrogen) atoms. The molecule has 0 fully saturated rings. The van der Waals surface area contributed by atoms with Gasteiger partial charge in [-0.3, -0.25) is 0 Å². The highest BCUT2D eigenvalue weighted by molar-refractivity contribution is 5.90. The van der Waals surface area contributed by atoms with Crippen molar-refractivity contribution in [3.05, 3.63) is 66.4 Å². The van der Waals surface area contributed by atoms with Gasteiger partial charge in [-0.2, -0.15) is 0 Å². The summed E-state index contributed by atoms with van der Waals surface area (Å²) in [7, 11) is 1.65. The number of aromatic amines is 1. The molecule has 2 aromatic carbocycles. The summed E-state index contributed by atoms with van der Waals surface area (Å²) in [5.41, 5.74) is 4.91. The lowest BCUT2D eigenvalue weighted by Crippen LogP contribution is -1.95. The molecular weight excluding hydrogens is 312 g/mol. The number of imidazole rings is 1. The number of ether oxygens (including phenoxy) is 1. The number of nitrogens with one attached hydrogen (secondary N) is 2. The molecule has 2 heterocycles. The zero-order valence-electron chi connectivity index (χ0n) is 14.1. The Morgan fingerprint density at radius 3 is 2.76 bits per heavy atom. The summed E-state index contributed by atoms with van der Waals surface area (Å²) in [6.07, 6.45) is 1.77. The normalized spacial score (nSPS) is 10.8. The molecule has 4 aromatic rings. The van der Waals surface area contributed by atoms with E-state index in [2.05, 4.69) is 34.3 Å². The number of hydrogen-bond acceptors (Lipinski definition) is 4. The molecule has 4 rings (SSSR count). The lowest BCUT2D eigenvalue weighted by molar-refractivity contribution is 0.415. The van der Waals surface area contributed by atoms with Gasteiger partial charge in [-0.25, -0.2) is 9.97 Å². The summed E-state index contributed by atoms with van der Waals surface area (Å²) < 4.78 is 5.27. The third-order valence-electron chi connectivity index (χ3n) is 4.02. The predicted molar refractivity (Wildman–Crippen MR) is 100 cm³/mol. The number of pyridine rings is 1. The zero-order chi connectivity index (χ0) is 17.2. The van der Waals surface area contributed by atoms with Crippen LogP contribution in [-0.2, 0) is 0 Å². The van der Waals surface area contributed by atoms with Crippen LogP contribution < -0.4 is 10.1 Å². The molecule has 0 aliphatic heterocycles. The minimum Gasteiger partial charge on any atom is -0.497 e. The van der Waals surface area contributed by atoms with Gasteiger partial charge in [-0.05, 0) is 31.2 Å². The van der Waals surface area contributed by atoms with Crippen LogP contribution in [0.15, 0.2) is 60.8 Å². The lowest BCUT2D eigenvalue weighted by Gasteiger charge is -2.07. The van der Waals surface area contributed by atoms with Crippen LogP contribution in [0.5, 0.6) is 5.75 Å². The molecule has 0 aliphatic rings. The summed E-state index contributed by atoms with van der Waals surface area (Å²) in [5.74, 6) is 2.33. The van der Waals surface area contributed by atoms with Crippen molar-refractivity contribution in [2.75, 3.05) is 12.4 Å². The van der Waals surface area contributed by atoms with E-state index in [0.29, 0.717) is 5.82 Å². The number of aryl methyl sites for hydroxylation is 1. The van der Waals surface area contributed by atoms with E-state index in [4.69, 9.17) is 9.72 Å². The van der Waals surface area contributed by atoms with Gasteiger partial charge in [0.2, 0.25) is 0 Å². The molecule has 0 bridgehead atoms. The molecule has 0 saturated heterocycles. The summed E-state index contributed by atoms with van der Waals surface area (Å²) in [5, 5.41) is 3.32. The van der Waals surface area contributed by atoms with Gasteiger partial charge in [0.25, 0.3) is 0 Å². The Morgan fingerprint density at radius 1 is 1.04 bits per heavy atom. The van der Waals surface area contributed by atoms with Gasteiger partial charge in [0.15, 0.2) is 5.82 Å². The maximum atomic E-state index is 5.27. The average molecular weight is 330 g/mol. The third kappa shape index (κ3) is 3.04. The van der Waals surface area contributed by atoms with Crippen molar-refractivity contribution in [3.63, 3.8) is 0 Å². The van der Waals surface area contributed by atoms with Gasteiger partial charge in [0.1, 0.15) is 17.1 Å². The van der Waals surface area contributed by atoms with E-state index >= 15 is 0 Å². The lowest BCUT2D eigenvalue weighted by atomic mass is 10.1. The molecule has 2 N–H and O–H groups in total. The number of methoxy groups -OCH3 is 1. The van der Waals surface area contributed by atoms with E-state index in [-0.39, 0.29) is 0 Å². The van der Waals surface area contributed by atoms with Crippen LogP contribution in [0.1, 0.15) is 5.56 Å². The largest absolute Gasteiger partial charge is 0.497 e. The minimum atomic E-state index is 0.709. The van der Waals surface area contributed by atoms with E-state index in [1.165, 1.54) is 5.56 Å². The number of fused-ring (bicyclic) bond motifs is 1. The highest BCUT2D eigenvalue weighted by Crippen LogP contribution is 2.27. The third-order valence-corrected chi connectivity index (χ3v) is 4.02. The molecule has 0 unspecified atom stereocenters. The standard InChI is InChI=1S/C20H18N4O/c1-13-5-3-6-14(11-13)19-23-17-9-10-21-20(18(17)24-19)22-15-7-4-8-16(12-15)25-2/h3-12H,1-2H3,(H,21,22)(H,23,24). The van der Waals surface area contributed by atoms with Gasteiger partial charge in [-0.1, -0.05) is 29.8 Å². The topological polar surface area (TPSA) is 62.8 Å². The molecule has 0 saturated carbocycles. The van der Waals surface area contributed by atoms with Crippen molar-refractivity contribution in [1.29, 1.82) is 0 Å². The van der Waals surface area contributed by atoms with Crippen molar-refractivity contribution < 1.29 is 4.74 Å². The fourth-order valence-electron chi connectivity index (χ4n) is 2.79. The van der Waals surface area contributed by atoms with Crippen molar-refractivity contribution in [1.82, 2.24) is 15.0 Å². The van der Waals surface area contributed by atoms with Crippen LogP contribution in [-0.4, -0.2) is 22.1 Å². The molecule has 124 valence electrons. The van der Waals surface area contributed by atoms with Gasteiger partial charge in [0, 0.05) is 23.5 Å². The number of H-pyrrole nitrogens is 1. The Labute approximate surface area is 145 Å². The zero-order valence-corrected chi connectivity index (χ0v) is 14.1. The average Bonchev–Trinajstić information content (AvgIpc) is 3.07. The van der Waals surface area contributed by atoms with E-state index in [1.807, 2.05) is 42.5 Å². The highest BCUT2D eigenvalue weighted by Gasteiger charge is 2.10. The van der Waals surface area contributed by atoms with Crippen LogP contribution in [0.2, 0.25) is 0 Å². The smallest absolute Gasteiger partial charge is 0.158 e. The van der Waals surface area contributed by atoms with Crippen LogP contribution in [0.4, 0.5) is 11.5 Å². The van der Waals surface area contributed by atoms with Crippen LogP contribution in [0.25, 0.3) is 22.4 Å². The Hall–Kier alpha value is -3.34. The molecule has 5 nitrogen and oxygen atoms in total. The Kier molecular flexibility index (Phi) is 3.82. The molecular formula is C20H18N4O. The number of anilines is 2. The maximum absolute atomic E-state index is 5.27. The number of nitrogens with zero attached hydrogens (tertiary/aromatic N) is 2. The molecule has 0 atom stereocenters. The van der Waals surface area contributed by atoms with Gasteiger partial charge in [0.05, 0.1) is 12.6 Å². The first kappa shape index (κ1) is 15.2. The number of aromatic nitrogens is 3. The molecule has 5 heteroatoms. The van der Waals surface area contributed by atoms with E-state index in [9.17, 15) is 0 Å². The van der Waals surface area contributed by atoms with Gasteiger partial charge in [-0.15, -0.1) is 0 Å². The minimum absolute atomic E-state index is 0.709. The second kappa shape index (κ2) is 6.28. The Balaban J connectivity index is 1.75. The summed E-state index contributed by atoms with van der Waals surface area (Å²) in [6, 6.07) is 17.9. The summed E-state index contributed by atoms with van der Waals surface area (Å²) >= 11 is 0. The van der Waals surface area contributed by atoms with Gasteiger partial charge >= 0.3 is 0 Å². The predicted octanol–water partition coefficient (Wildman–Crippen LogP) is 4.69. The van der Waals surface area contributed by atoms with Gasteiger partial charge < -0.3 is 15.0 Å². The molecule has 0 amide bonds. The fraction of sp³-hybridized carbons (Fsp3) is 0.100. The molecule has 0 aliphatic carbocycles.